The molecule has 3 heteroatoms. The molecule has 0 saturated carbocycles. The highest BCUT2D eigenvalue weighted by Gasteiger charge is 2.20. The van der Waals surface area contributed by atoms with Crippen molar-refractivity contribution >= 4 is 22.5 Å². The Morgan fingerprint density at radius 3 is 2.50 bits per heavy atom. The molecule has 0 bridgehead atoms. The van der Waals surface area contributed by atoms with Crippen molar-refractivity contribution in [2.45, 2.75) is 40.7 Å². The highest BCUT2D eigenvalue weighted by atomic mass is 16.2. The van der Waals surface area contributed by atoms with Crippen LogP contribution in [0.3, 0.4) is 0 Å². The lowest BCUT2D eigenvalue weighted by atomic mass is 10.1. The maximum absolute atomic E-state index is 13.0. The van der Waals surface area contributed by atoms with Crippen LogP contribution in [0, 0.1) is 13.8 Å². The van der Waals surface area contributed by atoms with Crippen molar-refractivity contribution in [3.63, 3.8) is 0 Å². The van der Waals surface area contributed by atoms with Gasteiger partial charge in [0.15, 0.2) is 0 Å². The predicted molar refractivity (Wildman–Crippen MR) is 101 cm³/mol. The number of para-hydroxylation sites is 1. The first kappa shape index (κ1) is 16.3. The number of rotatable bonds is 4. The average Bonchev–Trinajstić information content (AvgIpc) is 2.88. The van der Waals surface area contributed by atoms with Crippen LogP contribution in [0.1, 0.15) is 41.0 Å². The standard InChI is InChI=1S/C21H24N2O/c1-5-16-11-12-19-17(13-16)15(4)20(23(19)6-2)21(24)22-18-10-8-7-9-14(18)3/h7-13H,5-6H2,1-4H3,(H,22,24). The van der Waals surface area contributed by atoms with Gasteiger partial charge in [0.1, 0.15) is 5.69 Å². The quantitative estimate of drug-likeness (QED) is 0.713. The van der Waals surface area contributed by atoms with Crippen LogP contribution in [-0.2, 0) is 13.0 Å². The number of nitrogens with one attached hydrogen (secondary N) is 1. The van der Waals surface area contributed by atoms with E-state index in [2.05, 4.69) is 41.9 Å². The zero-order chi connectivity index (χ0) is 17.3. The highest BCUT2D eigenvalue weighted by Crippen LogP contribution is 2.28. The van der Waals surface area contributed by atoms with E-state index in [1.165, 1.54) is 10.9 Å². The number of benzene rings is 2. The largest absolute Gasteiger partial charge is 0.337 e. The second kappa shape index (κ2) is 6.52. The van der Waals surface area contributed by atoms with E-state index in [4.69, 9.17) is 0 Å². The van der Waals surface area contributed by atoms with Crippen LogP contribution in [-0.4, -0.2) is 10.5 Å². The number of aromatic nitrogens is 1. The fourth-order valence-corrected chi connectivity index (χ4v) is 3.31. The van der Waals surface area contributed by atoms with Crippen LogP contribution in [0.25, 0.3) is 10.9 Å². The molecule has 3 nitrogen and oxygen atoms in total. The highest BCUT2D eigenvalue weighted by molar-refractivity contribution is 6.08. The molecule has 0 spiro atoms. The van der Waals surface area contributed by atoms with Gasteiger partial charge >= 0.3 is 0 Å². The zero-order valence-corrected chi connectivity index (χ0v) is 14.8. The second-order valence-corrected chi connectivity index (χ2v) is 6.19. The molecule has 0 fully saturated rings. The zero-order valence-electron chi connectivity index (χ0n) is 14.8. The number of amides is 1. The molecule has 0 saturated heterocycles. The molecule has 24 heavy (non-hydrogen) atoms. The minimum atomic E-state index is -0.0436. The van der Waals surface area contributed by atoms with E-state index in [-0.39, 0.29) is 5.91 Å². The predicted octanol–water partition coefficient (Wildman–Crippen LogP) is 5.09. The van der Waals surface area contributed by atoms with Crippen molar-refractivity contribution in [3.8, 4) is 0 Å². The molecule has 0 aliphatic heterocycles. The van der Waals surface area contributed by atoms with Gasteiger partial charge in [0.25, 0.3) is 5.91 Å². The summed E-state index contributed by atoms with van der Waals surface area (Å²) >= 11 is 0. The Bertz CT molecular complexity index is 906. The van der Waals surface area contributed by atoms with Crippen molar-refractivity contribution < 1.29 is 4.79 Å². The van der Waals surface area contributed by atoms with E-state index >= 15 is 0 Å². The first-order valence-corrected chi connectivity index (χ1v) is 8.55. The molecule has 0 aliphatic carbocycles. The molecule has 0 aliphatic rings. The molecule has 0 unspecified atom stereocenters. The summed E-state index contributed by atoms with van der Waals surface area (Å²) < 4.78 is 2.11. The van der Waals surface area contributed by atoms with Gasteiger partial charge in [-0.3, -0.25) is 4.79 Å². The molecule has 3 aromatic rings. The Balaban J connectivity index is 2.09. The number of fused-ring (bicyclic) bond motifs is 1. The molecule has 1 amide bonds. The SMILES string of the molecule is CCc1ccc2c(c1)c(C)c(C(=O)Nc1ccccc1C)n2CC. The van der Waals surface area contributed by atoms with Gasteiger partial charge in [0.05, 0.1) is 0 Å². The summed E-state index contributed by atoms with van der Waals surface area (Å²) in [6.45, 7) is 9.05. The molecular formula is C21H24N2O. The van der Waals surface area contributed by atoms with E-state index in [0.717, 1.165) is 41.0 Å². The van der Waals surface area contributed by atoms with Crippen molar-refractivity contribution in [2.75, 3.05) is 5.32 Å². The van der Waals surface area contributed by atoms with Gasteiger partial charge in [-0.15, -0.1) is 0 Å². The number of nitrogens with zero attached hydrogens (tertiary/aromatic N) is 1. The normalized spacial score (nSPS) is 11.0. The van der Waals surface area contributed by atoms with E-state index in [1.54, 1.807) is 0 Å². The van der Waals surface area contributed by atoms with Crippen LogP contribution in [0.4, 0.5) is 5.69 Å². The minimum Gasteiger partial charge on any atom is -0.337 e. The number of hydrogen-bond donors (Lipinski definition) is 1. The molecule has 1 aromatic heterocycles. The molecule has 0 atom stereocenters. The smallest absolute Gasteiger partial charge is 0.272 e. The summed E-state index contributed by atoms with van der Waals surface area (Å²) in [7, 11) is 0. The maximum Gasteiger partial charge on any atom is 0.272 e. The number of carbonyl (C=O) groups excluding carboxylic acids is 1. The first-order valence-electron chi connectivity index (χ1n) is 8.55. The molecule has 1 heterocycles. The monoisotopic (exact) mass is 320 g/mol. The van der Waals surface area contributed by atoms with Crippen molar-refractivity contribution in [1.82, 2.24) is 4.57 Å². The number of hydrogen-bond acceptors (Lipinski definition) is 1. The molecule has 2 aromatic carbocycles. The molecule has 1 N–H and O–H groups in total. The van der Waals surface area contributed by atoms with E-state index in [0.29, 0.717) is 0 Å². The minimum absolute atomic E-state index is 0.0436. The van der Waals surface area contributed by atoms with Crippen molar-refractivity contribution in [2.24, 2.45) is 0 Å². The maximum atomic E-state index is 13.0. The third kappa shape index (κ3) is 2.71. The van der Waals surface area contributed by atoms with Gasteiger partial charge < -0.3 is 9.88 Å². The van der Waals surface area contributed by atoms with Gasteiger partial charge in [-0.05, 0) is 62.1 Å². The fourth-order valence-electron chi connectivity index (χ4n) is 3.31. The van der Waals surface area contributed by atoms with Gasteiger partial charge in [0.2, 0.25) is 0 Å². The third-order valence-corrected chi connectivity index (χ3v) is 4.71. The summed E-state index contributed by atoms with van der Waals surface area (Å²) in [5.41, 5.74) is 6.16. The molecular weight excluding hydrogens is 296 g/mol. The lowest BCUT2D eigenvalue weighted by molar-refractivity contribution is 0.101. The Morgan fingerprint density at radius 2 is 1.83 bits per heavy atom. The van der Waals surface area contributed by atoms with Gasteiger partial charge in [-0.1, -0.05) is 31.2 Å². The lowest BCUT2D eigenvalue weighted by Gasteiger charge is -2.11. The van der Waals surface area contributed by atoms with E-state index < -0.39 is 0 Å². The second-order valence-electron chi connectivity index (χ2n) is 6.19. The van der Waals surface area contributed by atoms with Crippen LogP contribution in [0.5, 0.6) is 0 Å². The molecule has 0 radical (unpaired) electrons. The molecule has 124 valence electrons. The van der Waals surface area contributed by atoms with Gasteiger partial charge in [0, 0.05) is 23.1 Å². The number of anilines is 1. The van der Waals surface area contributed by atoms with Gasteiger partial charge in [-0.2, -0.15) is 0 Å². The number of aryl methyl sites for hydroxylation is 4. The first-order chi connectivity index (χ1) is 11.6. The average molecular weight is 320 g/mol. The Morgan fingerprint density at radius 1 is 1.08 bits per heavy atom. The van der Waals surface area contributed by atoms with Crippen LogP contribution >= 0.6 is 0 Å². The molecule has 3 rings (SSSR count). The van der Waals surface area contributed by atoms with E-state index in [1.807, 2.05) is 38.1 Å². The summed E-state index contributed by atoms with van der Waals surface area (Å²) in [5.74, 6) is -0.0436. The Hall–Kier alpha value is -2.55. The van der Waals surface area contributed by atoms with Crippen LogP contribution < -0.4 is 5.32 Å². The lowest BCUT2D eigenvalue weighted by Crippen LogP contribution is -2.18. The topological polar surface area (TPSA) is 34.0 Å². The van der Waals surface area contributed by atoms with Gasteiger partial charge in [-0.25, -0.2) is 0 Å². The summed E-state index contributed by atoms with van der Waals surface area (Å²) in [4.78, 5) is 13.0. The van der Waals surface area contributed by atoms with Crippen molar-refractivity contribution in [3.05, 3.63) is 64.8 Å². The third-order valence-electron chi connectivity index (χ3n) is 4.71. The fraction of sp³-hybridized carbons (Fsp3) is 0.286. The van der Waals surface area contributed by atoms with Crippen LogP contribution in [0.2, 0.25) is 0 Å². The Labute approximate surface area is 143 Å². The van der Waals surface area contributed by atoms with Crippen molar-refractivity contribution in [1.29, 1.82) is 0 Å². The summed E-state index contributed by atoms with van der Waals surface area (Å²) in [6, 6.07) is 14.4. The summed E-state index contributed by atoms with van der Waals surface area (Å²) in [5, 5.41) is 4.24. The van der Waals surface area contributed by atoms with Crippen LogP contribution in [0.15, 0.2) is 42.5 Å². The number of carbonyl (C=O) groups is 1. The Kier molecular flexibility index (Phi) is 4.43. The van der Waals surface area contributed by atoms with E-state index in [9.17, 15) is 4.79 Å². The summed E-state index contributed by atoms with van der Waals surface area (Å²) in [6.07, 6.45) is 0.997.